The summed E-state index contributed by atoms with van der Waals surface area (Å²) in [5.74, 6) is 0.976. The van der Waals surface area contributed by atoms with Gasteiger partial charge in [0.2, 0.25) is 0 Å². The lowest BCUT2D eigenvalue weighted by molar-refractivity contribution is 0.415. The van der Waals surface area contributed by atoms with Gasteiger partial charge in [-0.15, -0.1) is 0 Å². The highest BCUT2D eigenvalue weighted by Gasteiger charge is 2.13. The van der Waals surface area contributed by atoms with E-state index >= 15 is 0 Å². The van der Waals surface area contributed by atoms with Crippen LogP contribution < -0.4 is 10.5 Å². The van der Waals surface area contributed by atoms with Crippen LogP contribution in [0.4, 0.5) is 5.82 Å². The van der Waals surface area contributed by atoms with Gasteiger partial charge in [0.1, 0.15) is 23.2 Å². The molecule has 0 unspecified atom stereocenters. The zero-order chi connectivity index (χ0) is 17.1. The second kappa shape index (κ2) is 6.43. The smallest absolute Gasteiger partial charge is 0.142 e. The van der Waals surface area contributed by atoms with Crippen LogP contribution in [0.1, 0.15) is 11.1 Å². The maximum absolute atomic E-state index is 9.48. The number of hydrogen-bond donors (Lipinski definition) is 1. The largest absolute Gasteiger partial charge is 0.497 e. The number of nitrogen functional groups attached to an aromatic ring is 1. The maximum Gasteiger partial charge on any atom is 0.142 e. The van der Waals surface area contributed by atoms with Crippen LogP contribution in [0.2, 0.25) is 0 Å². The Balaban J connectivity index is 2.22. The number of rotatable bonds is 3. The fourth-order valence-electron chi connectivity index (χ4n) is 2.65. The topological polar surface area (TPSA) is 71.9 Å². The van der Waals surface area contributed by atoms with Crippen molar-refractivity contribution in [1.82, 2.24) is 4.98 Å². The van der Waals surface area contributed by atoms with Gasteiger partial charge in [-0.2, -0.15) is 5.26 Å². The summed E-state index contributed by atoms with van der Waals surface area (Å²) in [7, 11) is 1.62. The first-order chi connectivity index (χ1) is 11.6. The van der Waals surface area contributed by atoms with Gasteiger partial charge in [0.25, 0.3) is 0 Å². The van der Waals surface area contributed by atoms with Crippen LogP contribution in [0.25, 0.3) is 22.4 Å². The molecule has 2 aromatic carbocycles. The summed E-state index contributed by atoms with van der Waals surface area (Å²) in [5, 5.41) is 9.48. The zero-order valence-electron chi connectivity index (χ0n) is 13.6. The Hall–Kier alpha value is -3.32. The van der Waals surface area contributed by atoms with Crippen molar-refractivity contribution in [3.63, 3.8) is 0 Å². The number of nitrogens with zero attached hydrogens (tertiary/aromatic N) is 2. The van der Waals surface area contributed by atoms with Crippen LogP contribution >= 0.6 is 0 Å². The van der Waals surface area contributed by atoms with Crippen molar-refractivity contribution < 1.29 is 4.74 Å². The van der Waals surface area contributed by atoms with Gasteiger partial charge in [-0.25, -0.2) is 4.98 Å². The number of ether oxygens (including phenoxy) is 1. The van der Waals surface area contributed by atoms with E-state index in [0.29, 0.717) is 11.3 Å². The van der Waals surface area contributed by atoms with E-state index in [4.69, 9.17) is 10.5 Å². The first kappa shape index (κ1) is 15.6. The summed E-state index contributed by atoms with van der Waals surface area (Å²) in [6.07, 6.45) is 0. The molecule has 4 heteroatoms. The van der Waals surface area contributed by atoms with E-state index in [1.807, 2.05) is 61.5 Å². The lowest BCUT2D eigenvalue weighted by atomic mass is 9.97. The highest BCUT2D eigenvalue weighted by atomic mass is 16.5. The first-order valence-electron chi connectivity index (χ1n) is 7.54. The number of nitrogens with two attached hydrogens (primary N) is 1. The van der Waals surface area contributed by atoms with Crippen molar-refractivity contribution in [1.29, 1.82) is 5.26 Å². The molecular weight excluding hydrogens is 298 g/mol. The van der Waals surface area contributed by atoms with Crippen molar-refractivity contribution >= 4 is 5.82 Å². The van der Waals surface area contributed by atoms with E-state index in [9.17, 15) is 5.26 Å². The molecule has 118 valence electrons. The number of methoxy groups -OCH3 is 1. The second-order valence-corrected chi connectivity index (χ2v) is 5.53. The lowest BCUT2D eigenvalue weighted by Gasteiger charge is -2.11. The third kappa shape index (κ3) is 2.92. The highest BCUT2D eigenvalue weighted by molar-refractivity contribution is 5.80. The highest BCUT2D eigenvalue weighted by Crippen LogP contribution is 2.32. The number of nitriles is 1. The van der Waals surface area contributed by atoms with E-state index in [0.717, 1.165) is 28.0 Å². The first-order valence-corrected chi connectivity index (χ1v) is 7.54. The number of anilines is 1. The molecule has 1 aromatic heterocycles. The quantitative estimate of drug-likeness (QED) is 0.786. The molecule has 3 rings (SSSR count). The molecule has 0 aliphatic rings. The monoisotopic (exact) mass is 315 g/mol. The van der Waals surface area contributed by atoms with Gasteiger partial charge in [-0.05, 0) is 30.7 Å². The number of benzene rings is 2. The Kier molecular flexibility index (Phi) is 4.17. The van der Waals surface area contributed by atoms with E-state index in [2.05, 4.69) is 11.1 Å². The van der Waals surface area contributed by atoms with Gasteiger partial charge < -0.3 is 10.5 Å². The van der Waals surface area contributed by atoms with Crippen molar-refractivity contribution in [3.05, 3.63) is 65.7 Å². The molecule has 0 saturated carbocycles. The van der Waals surface area contributed by atoms with E-state index in [-0.39, 0.29) is 5.82 Å². The zero-order valence-corrected chi connectivity index (χ0v) is 13.6. The number of hydrogen-bond acceptors (Lipinski definition) is 4. The molecular formula is C20H17N3O. The summed E-state index contributed by atoms with van der Waals surface area (Å²) >= 11 is 0. The molecule has 0 atom stereocenters. The van der Waals surface area contributed by atoms with Gasteiger partial charge in [-0.1, -0.05) is 42.0 Å². The Bertz CT molecular complexity index is 942. The molecule has 0 amide bonds. The molecule has 4 nitrogen and oxygen atoms in total. The molecule has 0 aliphatic heterocycles. The predicted molar refractivity (Wildman–Crippen MR) is 95.5 cm³/mol. The Labute approximate surface area is 141 Å². The van der Waals surface area contributed by atoms with Gasteiger partial charge >= 0.3 is 0 Å². The van der Waals surface area contributed by atoms with E-state index < -0.39 is 0 Å². The molecule has 0 aliphatic carbocycles. The van der Waals surface area contributed by atoms with E-state index in [1.54, 1.807) is 7.11 Å². The van der Waals surface area contributed by atoms with Gasteiger partial charge in [0.15, 0.2) is 0 Å². The third-order valence-corrected chi connectivity index (χ3v) is 3.85. The summed E-state index contributed by atoms with van der Waals surface area (Å²) < 4.78 is 5.27. The molecule has 0 spiro atoms. The van der Waals surface area contributed by atoms with Crippen molar-refractivity contribution in [2.45, 2.75) is 6.92 Å². The molecule has 24 heavy (non-hydrogen) atoms. The van der Waals surface area contributed by atoms with Crippen molar-refractivity contribution in [2.75, 3.05) is 12.8 Å². The van der Waals surface area contributed by atoms with Crippen LogP contribution in [0.3, 0.4) is 0 Å². The van der Waals surface area contributed by atoms with E-state index in [1.165, 1.54) is 0 Å². The molecule has 1 heterocycles. The predicted octanol–water partition coefficient (Wildman–Crippen LogP) is 4.19. The normalized spacial score (nSPS) is 10.2. The summed E-state index contributed by atoms with van der Waals surface area (Å²) in [5.41, 5.74) is 10.9. The molecule has 0 fully saturated rings. The fraction of sp³-hybridized carbons (Fsp3) is 0.100. The average Bonchev–Trinajstić information content (AvgIpc) is 2.61. The summed E-state index contributed by atoms with van der Waals surface area (Å²) in [6, 6.07) is 19.7. The minimum atomic E-state index is 0.231. The maximum atomic E-state index is 9.48. The minimum absolute atomic E-state index is 0.231. The van der Waals surface area contributed by atoms with Crippen LogP contribution in [0.5, 0.6) is 5.75 Å². The Morgan fingerprint density at radius 1 is 1.04 bits per heavy atom. The van der Waals surface area contributed by atoms with Gasteiger partial charge in [-0.3, -0.25) is 0 Å². The molecule has 2 N–H and O–H groups in total. The average molecular weight is 315 g/mol. The Morgan fingerprint density at radius 2 is 1.79 bits per heavy atom. The SMILES string of the molecule is COc1cccc(-c2cc(-c3cccc(C)c3)c(C#N)c(N)n2)c1. The standard InChI is InChI=1S/C20H17N3O/c1-13-5-3-6-14(9-13)17-11-19(23-20(22)18(17)12-21)15-7-4-8-16(10-15)24-2/h3-11H,1-2H3,(H2,22,23). The van der Waals surface area contributed by atoms with Crippen LogP contribution in [-0.4, -0.2) is 12.1 Å². The molecule has 0 saturated heterocycles. The van der Waals surface area contributed by atoms with Crippen molar-refractivity contribution in [3.8, 4) is 34.2 Å². The van der Waals surface area contributed by atoms with Crippen molar-refractivity contribution in [2.24, 2.45) is 0 Å². The minimum Gasteiger partial charge on any atom is -0.497 e. The van der Waals surface area contributed by atoms with Crippen LogP contribution in [0, 0.1) is 18.3 Å². The second-order valence-electron chi connectivity index (χ2n) is 5.53. The van der Waals surface area contributed by atoms with Crippen LogP contribution in [0.15, 0.2) is 54.6 Å². The Morgan fingerprint density at radius 3 is 2.50 bits per heavy atom. The lowest BCUT2D eigenvalue weighted by Crippen LogP contribution is -2.00. The summed E-state index contributed by atoms with van der Waals surface area (Å²) in [6.45, 7) is 2.02. The summed E-state index contributed by atoms with van der Waals surface area (Å²) in [4.78, 5) is 4.40. The molecule has 0 radical (unpaired) electrons. The van der Waals surface area contributed by atoms with Gasteiger partial charge in [0, 0.05) is 11.1 Å². The van der Waals surface area contributed by atoms with Crippen LogP contribution in [-0.2, 0) is 0 Å². The fourth-order valence-corrected chi connectivity index (χ4v) is 2.65. The molecule has 0 bridgehead atoms. The number of aryl methyl sites for hydroxylation is 1. The number of pyridine rings is 1. The van der Waals surface area contributed by atoms with Gasteiger partial charge in [0.05, 0.1) is 12.8 Å². The molecule has 3 aromatic rings. The number of aromatic nitrogens is 1. The third-order valence-electron chi connectivity index (χ3n) is 3.85.